The van der Waals surface area contributed by atoms with Crippen LogP contribution in [0.25, 0.3) is 0 Å². The SMILES string of the molecule is C=C(NCCCC(=O)OCC)C(NC(=O)/C(C(C)=N)=C(\C)CCC)C(C)C. The molecule has 0 aromatic rings. The number of hydrogen-bond acceptors (Lipinski definition) is 5. The second-order valence-corrected chi connectivity index (χ2v) is 7.09. The van der Waals surface area contributed by atoms with Crippen molar-refractivity contribution in [2.45, 2.75) is 73.3 Å². The Kier molecular flexibility index (Phi) is 12.1. The Bertz CT molecular complexity index is 565. The van der Waals surface area contributed by atoms with Crippen molar-refractivity contribution in [3.05, 3.63) is 23.4 Å². The molecule has 0 aliphatic rings. The van der Waals surface area contributed by atoms with E-state index in [4.69, 9.17) is 10.1 Å². The van der Waals surface area contributed by atoms with Gasteiger partial charge in [0.05, 0.1) is 18.2 Å². The molecule has 0 aliphatic carbocycles. The molecule has 0 radical (unpaired) electrons. The van der Waals surface area contributed by atoms with E-state index in [0.29, 0.717) is 37.3 Å². The number of carbonyl (C=O) groups is 2. The van der Waals surface area contributed by atoms with Crippen LogP contribution in [0.4, 0.5) is 0 Å². The fourth-order valence-corrected chi connectivity index (χ4v) is 2.88. The van der Waals surface area contributed by atoms with Crippen LogP contribution in [0.5, 0.6) is 0 Å². The van der Waals surface area contributed by atoms with E-state index >= 15 is 0 Å². The Morgan fingerprint density at radius 2 is 1.78 bits per heavy atom. The number of hydrogen-bond donors (Lipinski definition) is 3. The molecular formula is C21H37N3O3. The van der Waals surface area contributed by atoms with Crippen LogP contribution in [0.3, 0.4) is 0 Å². The Morgan fingerprint density at radius 1 is 1.15 bits per heavy atom. The van der Waals surface area contributed by atoms with Gasteiger partial charge < -0.3 is 20.8 Å². The third-order valence-electron chi connectivity index (χ3n) is 4.20. The molecule has 1 atom stereocenters. The van der Waals surface area contributed by atoms with Gasteiger partial charge in [0.2, 0.25) is 0 Å². The molecule has 154 valence electrons. The number of carbonyl (C=O) groups excluding carboxylic acids is 2. The molecule has 0 aliphatic heterocycles. The second-order valence-electron chi connectivity index (χ2n) is 7.09. The summed E-state index contributed by atoms with van der Waals surface area (Å²) in [6.45, 7) is 16.4. The van der Waals surface area contributed by atoms with E-state index in [1.54, 1.807) is 13.8 Å². The van der Waals surface area contributed by atoms with E-state index in [9.17, 15) is 9.59 Å². The highest BCUT2D eigenvalue weighted by atomic mass is 16.5. The lowest BCUT2D eigenvalue weighted by atomic mass is 9.97. The van der Waals surface area contributed by atoms with Gasteiger partial charge in [-0.1, -0.05) is 39.3 Å². The fraction of sp³-hybridized carbons (Fsp3) is 0.667. The molecule has 3 N–H and O–H groups in total. The number of esters is 1. The van der Waals surface area contributed by atoms with Crippen molar-refractivity contribution in [1.29, 1.82) is 5.41 Å². The van der Waals surface area contributed by atoms with Crippen LogP contribution in [0.15, 0.2) is 23.4 Å². The highest BCUT2D eigenvalue weighted by Gasteiger charge is 2.23. The summed E-state index contributed by atoms with van der Waals surface area (Å²) in [6.07, 6.45) is 2.70. The van der Waals surface area contributed by atoms with E-state index in [1.807, 2.05) is 20.8 Å². The van der Waals surface area contributed by atoms with Gasteiger partial charge in [-0.05, 0) is 39.5 Å². The normalized spacial score (nSPS) is 12.9. The first-order valence-electron chi connectivity index (χ1n) is 9.79. The molecule has 0 spiro atoms. The Balaban J connectivity index is 4.90. The zero-order chi connectivity index (χ0) is 21.0. The molecule has 0 aromatic carbocycles. The standard InChI is InChI=1S/C21H37N3O3/c1-8-11-15(5)19(16(6)22)21(26)24-20(14(3)4)17(7)23-13-10-12-18(25)27-9-2/h14,20,22-23H,7-13H2,1-6H3,(H,24,26)/b19-15+,22-16?. The van der Waals surface area contributed by atoms with Crippen molar-refractivity contribution in [2.75, 3.05) is 13.2 Å². The topological polar surface area (TPSA) is 91.3 Å². The molecule has 27 heavy (non-hydrogen) atoms. The summed E-state index contributed by atoms with van der Waals surface area (Å²) in [5, 5.41) is 14.2. The van der Waals surface area contributed by atoms with Gasteiger partial charge >= 0.3 is 5.97 Å². The first-order chi connectivity index (χ1) is 12.6. The highest BCUT2D eigenvalue weighted by molar-refractivity contribution is 6.20. The monoisotopic (exact) mass is 379 g/mol. The number of ether oxygens (including phenoxy) is 1. The predicted molar refractivity (Wildman–Crippen MR) is 111 cm³/mol. The van der Waals surface area contributed by atoms with Crippen LogP contribution >= 0.6 is 0 Å². The lowest BCUT2D eigenvalue weighted by Crippen LogP contribution is -2.45. The molecule has 0 bridgehead atoms. The fourth-order valence-electron chi connectivity index (χ4n) is 2.88. The van der Waals surface area contributed by atoms with Crippen molar-refractivity contribution in [1.82, 2.24) is 10.6 Å². The third kappa shape index (κ3) is 9.40. The maximum Gasteiger partial charge on any atom is 0.305 e. The number of amides is 1. The lowest BCUT2D eigenvalue weighted by molar-refractivity contribution is -0.143. The average Bonchev–Trinajstić information content (AvgIpc) is 2.56. The van der Waals surface area contributed by atoms with E-state index in [2.05, 4.69) is 24.1 Å². The Hall–Kier alpha value is -2.11. The second kappa shape index (κ2) is 13.1. The number of nitrogens with one attached hydrogen (secondary N) is 3. The quantitative estimate of drug-likeness (QED) is 0.197. The minimum Gasteiger partial charge on any atom is -0.466 e. The van der Waals surface area contributed by atoms with Crippen molar-refractivity contribution in [3.63, 3.8) is 0 Å². The van der Waals surface area contributed by atoms with Crippen LogP contribution in [0, 0.1) is 11.3 Å². The molecule has 1 amide bonds. The molecule has 6 heteroatoms. The van der Waals surface area contributed by atoms with Gasteiger partial charge in [-0.15, -0.1) is 0 Å². The maximum atomic E-state index is 12.8. The zero-order valence-corrected chi connectivity index (χ0v) is 17.8. The molecule has 0 saturated carbocycles. The number of rotatable bonds is 13. The average molecular weight is 380 g/mol. The van der Waals surface area contributed by atoms with Crippen LogP contribution in [0.1, 0.15) is 67.2 Å². The van der Waals surface area contributed by atoms with Gasteiger partial charge in [0.15, 0.2) is 0 Å². The predicted octanol–water partition coefficient (Wildman–Crippen LogP) is 3.73. The molecular weight excluding hydrogens is 342 g/mol. The minimum atomic E-state index is -0.260. The first-order valence-corrected chi connectivity index (χ1v) is 9.79. The molecule has 0 saturated heterocycles. The smallest absolute Gasteiger partial charge is 0.305 e. The largest absolute Gasteiger partial charge is 0.466 e. The van der Waals surface area contributed by atoms with Crippen molar-refractivity contribution < 1.29 is 14.3 Å². The van der Waals surface area contributed by atoms with Gasteiger partial charge in [0.25, 0.3) is 5.91 Å². The van der Waals surface area contributed by atoms with Crippen molar-refractivity contribution in [2.24, 2.45) is 5.92 Å². The minimum absolute atomic E-state index is 0.137. The van der Waals surface area contributed by atoms with E-state index in [0.717, 1.165) is 18.4 Å². The molecule has 1 unspecified atom stereocenters. The summed E-state index contributed by atoms with van der Waals surface area (Å²) in [4.78, 5) is 24.1. The van der Waals surface area contributed by atoms with Crippen LogP contribution in [-0.4, -0.2) is 36.8 Å². The summed E-state index contributed by atoms with van der Waals surface area (Å²) in [6, 6.07) is -0.260. The van der Waals surface area contributed by atoms with Crippen LogP contribution < -0.4 is 10.6 Å². The summed E-state index contributed by atoms with van der Waals surface area (Å²) in [5.41, 5.74) is 2.36. The van der Waals surface area contributed by atoms with Crippen molar-refractivity contribution in [3.8, 4) is 0 Å². The van der Waals surface area contributed by atoms with E-state index in [-0.39, 0.29) is 29.5 Å². The van der Waals surface area contributed by atoms with Crippen molar-refractivity contribution >= 4 is 17.6 Å². The van der Waals surface area contributed by atoms with Crippen LogP contribution in [0.2, 0.25) is 0 Å². The summed E-state index contributed by atoms with van der Waals surface area (Å²) >= 11 is 0. The molecule has 6 nitrogen and oxygen atoms in total. The zero-order valence-electron chi connectivity index (χ0n) is 17.8. The van der Waals surface area contributed by atoms with E-state index in [1.165, 1.54) is 0 Å². The van der Waals surface area contributed by atoms with Gasteiger partial charge in [0.1, 0.15) is 0 Å². The van der Waals surface area contributed by atoms with Gasteiger partial charge in [-0.25, -0.2) is 0 Å². The molecule has 0 fully saturated rings. The van der Waals surface area contributed by atoms with Crippen LogP contribution in [-0.2, 0) is 14.3 Å². The number of allylic oxidation sites excluding steroid dienone is 1. The molecule has 0 aromatic heterocycles. The Labute approximate surface area is 164 Å². The summed E-state index contributed by atoms with van der Waals surface area (Å²) in [5.74, 6) is -0.305. The molecule has 0 rings (SSSR count). The summed E-state index contributed by atoms with van der Waals surface area (Å²) < 4.78 is 4.91. The van der Waals surface area contributed by atoms with E-state index < -0.39 is 0 Å². The van der Waals surface area contributed by atoms with Gasteiger partial charge in [-0.3, -0.25) is 9.59 Å². The maximum absolute atomic E-state index is 12.8. The first kappa shape index (κ1) is 24.9. The lowest BCUT2D eigenvalue weighted by Gasteiger charge is -2.26. The Morgan fingerprint density at radius 3 is 2.26 bits per heavy atom. The summed E-state index contributed by atoms with van der Waals surface area (Å²) in [7, 11) is 0. The molecule has 0 heterocycles. The van der Waals surface area contributed by atoms with Gasteiger partial charge in [-0.2, -0.15) is 0 Å². The third-order valence-corrected chi connectivity index (χ3v) is 4.20. The van der Waals surface area contributed by atoms with Gasteiger partial charge in [0, 0.05) is 24.4 Å². The highest BCUT2D eigenvalue weighted by Crippen LogP contribution is 2.15.